The molecule has 0 bridgehead atoms. The third-order valence-electron chi connectivity index (χ3n) is 2.35. The second-order valence-corrected chi connectivity index (χ2v) is 5.28. The maximum Gasteiger partial charge on any atom is 0.410 e. The van der Waals surface area contributed by atoms with Crippen LogP contribution in [0.2, 0.25) is 0 Å². The molecule has 0 heterocycles. The average Bonchev–Trinajstić information content (AvgIpc) is 2.25. The second kappa shape index (κ2) is 5.85. The number of rotatable bonds is 3. The highest BCUT2D eigenvalue weighted by Crippen LogP contribution is 2.10. The number of carbonyl (C=O) groups is 1. The van der Waals surface area contributed by atoms with Crippen LogP contribution in [0, 0.1) is 5.82 Å². The van der Waals surface area contributed by atoms with Crippen molar-refractivity contribution < 1.29 is 13.9 Å². The van der Waals surface area contributed by atoms with Gasteiger partial charge in [-0.3, -0.25) is 0 Å². The standard InChI is InChI=1S/C14H20FNO2/c1-14(2,3)18-13(17)16(4)10-9-11-5-7-12(15)8-6-11/h5-8H,9-10H2,1-4H3. The van der Waals surface area contributed by atoms with Crippen LogP contribution in [0.3, 0.4) is 0 Å². The van der Waals surface area contributed by atoms with E-state index in [4.69, 9.17) is 4.74 Å². The molecule has 0 atom stereocenters. The molecule has 18 heavy (non-hydrogen) atoms. The zero-order valence-electron chi connectivity index (χ0n) is 11.4. The van der Waals surface area contributed by atoms with Crippen LogP contribution < -0.4 is 0 Å². The Balaban J connectivity index is 2.43. The molecule has 0 unspecified atom stereocenters. The largest absolute Gasteiger partial charge is 0.444 e. The van der Waals surface area contributed by atoms with Crippen LogP contribution in [0.1, 0.15) is 26.3 Å². The number of halogens is 1. The summed E-state index contributed by atoms with van der Waals surface area (Å²) in [5, 5.41) is 0. The Morgan fingerprint density at radius 1 is 1.28 bits per heavy atom. The molecule has 1 aromatic rings. The SMILES string of the molecule is CN(CCc1ccc(F)cc1)C(=O)OC(C)(C)C. The van der Waals surface area contributed by atoms with Gasteiger partial charge in [-0.25, -0.2) is 9.18 Å². The minimum atomic E-state index is -0.485. The molecule has 0 aliphatic carbocycles. The minimum Gasteiger partial charge on any atom is -0.444 e. The molecule has 100 valence electrons. The van der Waals surface area contributed by atoms with Gasteiger partial charge in [0, 0.05) is 13.6 Å². The van der Waals surface area contributed by atoms with E-state index in [1.165, 1.54) is 17.0 Å². The maximum atomic E-state index is 12.7. The smallest absolute Gasteiger partial charge is 0.410 e. The number of carbonyl (C=O) groups excluding carboxylic acids is 1. The average molecular weight is 253 g/mol. The fourth-order valence-corrected chi connectivity index (χ4v) is 1.38. The van der Waals surface area contributed by atoms with Crippen LogP contribution in [0.15, 0.2) is 24.3 Å². The molecule has 0 N–H and O–H groups in total. The Morgan fingerprint density at radius 2 is 1.83 bits per heavy atom. The maximum absolute atomic E-state index is 12.7. The quantitative estimate of drug-likeness (QED) is 0.827. The van der Waals surface area contributed by atoms with Crippen LogP contribution in [-0.4, -0.2) is 30.2 Å². The van der Waals surface area contributed by atoms with Crippen molar-refractivity contribution in [2.45, 2.75) is 32.8 Å². The summed E-state index contributed by atoms with van der Waals surface area (Å²) in [5.41, 5.74) is 0.508. The van der Waals surface area contributed by atoms with Gasteiger partial charge in [-0.05, 0) is 44.9 Å². The third-order valence-corrected chi connectivity index (χ3v) is 2.35. The first-order valence-corrected chi connectivity index (χ1v) is 5.96. The summed E-state index contributed by atoms with van der Waals surface area (Å²) in [6.45, 7) is 6.04. The van der Waals surface area contributed by atoms with Crippen molar-refractivity contribution in [1.29, 1.82) is 0 Å². The fraction of sp³-hybridized carbons (Fsp3) is 0.500. The van der Waals surface area contributed by atoms with Gasteiger partial charge in [0.25, 0.3) is 0 Å². The van der Waals surface area contributed by atoms with Gasteiger partial charge in [0.1, 0.15) is 11.4 Å². The summed E-state index contributed by atoms with van der Waals surface area (Å²) >= 11 is 0. The molecule has 0 saturated carbocycles. The minimum absolute atomic E-state index is 0.251. The first kappa shape index (κ1) is 14.5. The van der Waals surface area contributed by atoms with Crippen molar-refractivity contribution in [3.8, 4) is 0 Å². The van der Waals surface area contributed by atoms with E-state index < -0.39 is 5.60 Å². The number of amides is 1. The number of ether oxygens (including phenoxy) is 1. The van der Waals surface area contributed by atoms with Gasteiger partial charge in [-0.2, -0.15) is 0 Å². The molecule has 1 amide bonds. The lowest BCUT2D eigenvalue weighted by atomic mass is 10.1. The molecule has 1 aromatic carbocycles. The fourth-order valence-electron chi connectivity index (χ4n) is 1.38. The molecule has 0 spiro atoms. The normalized spacial score (nSPS) is 11.2. The van der Waals surface area contributed by atoms with Gasteiger partial charge >= 0.3 is 6.09 Å². The van der Waals surface area contributed by atoms with E-state index in [0.717, 1.165) is 5.56 Å². The van der Waals surface area contributed by atoms with Gasteiger partial charge < -0.3 is 9.64 Å². The Bertz CT molecular complexity index is 395. The van der Waals surface area contributed by atoms with Crippen LogP contribution in [-0.2, 0) is 11.2 Å². The Kier molecular flexibility index (Phi) is 4.70. The molecule has 4 heteroatoms. The summed E-state index contributed by atoms with van der Waals surface area (Å²) in [4.78, 5) is 13.2. The van der Waals surface area contributed by atoms with Crippen LogP contribution in [0.25, 0.3) is 0 Å². The van der Waals surface area contributed by atoms with E-state index >= 15 is 0 Å². The predicted octanol–water partition coefficient (Wildman–Crippen LogP) is 3.24. The highest BCUT2D eigenvalue weighted by Gasteiger charge is 2.19. The first-order chi connectivity index (χ1) is 8.28. The predicted molar refractivity (Wildman–Crippen MR) is 69.0 cm³/mol. The monoisotopic (exact) mass is 253 g/mol. The first-order valence-electron chi connectivity index (χ1n) is 5.96. The zero-order valence-corrected chi connectivity index (χ0v) is 11.4. The van der Waals surface area contributed by atoms with Crippen molar-refractivity contribution in [3.05, 3.63) is 35.6 Å². The van der Waals surface area contributed by atoms with Crippen molar-refractivity contribution >= 4 is 6.09 Å². The number of hydrogen-bond acceptors (Lipinski definition) is 2. The van der Waals surface area contributed by atoms with E-state index in [2.05, 4.69) is 0 Å². The van der Waals surface area contributed by atoms with Gasteiger partial charge in [0.05, 0.1) is 0 Å². The zero-order chi connectivity index (χ0) is 13.8. The summed E-state index contributed by atoms with van der Waals surface area (Å²) in [6, 6.07) is 6.28. The Hall–Kier alpha value is -1.58. The van der Waals surface area contributed by atoms with Crippen molar-refractivity contribution in [2.75, 3.05) is 13.6 Å². The highest BCUT2D eigenvalue weighted by atomic mass is 19.1. The topological polar surface area (TPSA) is 29.5 Å². The molecule has 0 aliphatic heterocycles. The van der Waals surface area contributed by atoms with Gasteiger partial charge in [-0.15, -0.1) is 0 Å². The molecule has 0 saturated heterocycles. The number of nitrogens with zero attached hydrogens (tertiary/aromatic N) is 1. The van der Waals surface area contributed by atoms with Crippen molar-refractivity contribution in [3.63, 3.8) is 0 Å². The number of likely N-dealkylation sites (N-methyl/N-ethyl adjacent to an activating group) is 1. The van der Waals surface area contributed by atoms with Crippen molar-refractivity contribution in [2.24, 2.45) is 0 Å². The van der Waals surface area contributed by atoms with Gasteiger partial charge in [0.15, 0.2) is 0 Å². The Labute approximate surface area is 108 Å². The lowest BCUT2D eigenvalue weighted by Gasteiger charge is -2.24. The number of hydrogen-bond donors (Lipinski definition) is 0. The molecule has 1 rings (SSSR count). The van der Waals surface area contributed by atoms with E-state index in [1.807, 2.05) is 20.8 Å². The molecule has 0 radical (unpaired) electrons. The van der Waals surface area contributed by atoms with E-state index in [-0.39, 0.29) is 11.9 Å². The van der Waals surface area contributed by atoms with E-state index in [1.54, 1.807) is 19.2 Å². The summed E-state index contributed by atoms with van der Waals surface area (Å²) in [6.07, 6.45) is 0.334. The summed E-state index contributed by atoms with van der Waals surface area (Å²) in [7, 11) is 1.69. The number of benzene rings is 1. The molecular weight excluding hydrogens is 233 g/mol. The lowest BCUT2D eigenvalue weighted by Crippen LogP contribution is -2.35. The Morgan fingerprint density at radius 3 is 2.33 bits per heavy atom. The molecular formula is C14H20FNO2. The molecule has 0 fully saturated rings. The van der Waals surface area contributed by atoms with E-state index in [0.29, 0.717) is 13.0 Å². The molecule has 0 aromatic heterocycles. The third kappa shape index (κ3) is 5.17. The van der Waals surface area contributed by atoms with Gasteiger partial charge in [-0.1, -0.05) is 12.1 Å². The van der Waals surface area contributed by atoms with Crippen LogP contribution in [0.5, 0.6) is 0 Å². The van der Waals surface area contributed by atoms with Crippen LogP contribution >= 0.6 is 0 Å². The molecule has 0 aliphatic rings. The van der Waals surface area contributed by atoms with E-state index in [9.17, 15) is 9.18 Å². The van der Waals surface area contributed by atoms with Gasteiger partial charge in [0.2, 0.25) is 0 Å². The lowest BCUT2D eigenvalue weighted by molar-refractivity contribution is 0.0301. The second-order valence-electron chi connectivity index (χ2n) is 5.28. The highest BCUT2D eigenvalue weighted by molar-refractivity contribution is 5.67. The molecule has 3 nitrogen and oxygen atoms in total. The summed E-state index contributed by atoms with van der Waals surface area (Å²) < 4.78 is 17.9. The van der Waals surface area contributed by atoms with Crippen molar-refractivity contribution in [1.82, 2.24) is 4.90 Å². The van der Waals surface area contributed by atoms with Crippen LogP contribution in [0.4, 0.5) is 9.18 Å². The summed E-state index contributed by atoms with van der Waals surface area (Å²) in [5.74, 6) is -0.251.